The van der Waals surface area contributed by atoms with E-state index in [0.717, 1.165) is 26.2 Å². The Morgan fingerprint density at radius 2 is 2.38 bits per heavy atom. The monoisotopic (exact) mass is 183 g/mol. The summed E-state index contributed by atoms with van der Waals surface area (Å²) < 4.78 is 5.41. The maximum absolute atomic E-state index is 11.0. The largest absolute Gasteiger partial charge is 0.378 e. The van der Waals surface area contributed by atoms with Crippen molar-refractivity contribution in [3.63, 3.8) is 0 Å². The van der Waals surface area contributed by atoms with Crippen molar-refractivity contribution < 1.29 is 9.53 Å². The number of morpholine rings is 1. The van der Waals surface area contributed by atoms with Crippen molar-refractivity contribution in [2.24, 2.45) is 0 Å². The van der Waals surface area contributed by atoms with Crippen molar-refractivity contribution in [3.8, 4) is 0 Å². The third kappa shape index (κ3) is 1.92. The molecule has 2 aliphatic heterocycles. The lowest BCUT2D eigenvalue weighted by molar-refractivity contribution is -0.118. The summed E-state index contributed by atoms with van der Waals surface area (Å²) >= 11 is 0. The molecule has 0 spiro atoms. The van der Waals surface area contributed by atoms with E-state index in [1.807, 2.05) is 0 Å². The molecule has 0 saturated carbocycles. The van der Waals surface area contributed by atoms with Gasteiger partial charge in [0.2, 0.25) is 0 Å². The molecule has 0 aromatic carbocycles. The Morgan fingerprint density at radius 3 is 3.15 bits per heavy atom. The van der Waals surface area contributed by atoms with Gasteiger partial charge in [0, 0.05) is 25.0 Å². The van der Waals surface area contributed by atoms with Gasteiger partial charge in [0.15, 0.2) is 0 Å². The number of rotatable bonds is 2. The lowest BCUT2D eigenvalue weighted by atomic mass is 10.1. The van der Waals surface area contributed by atoms with Crippen LogP contribution >= 0.6 is 0 Å². The summed E-state index contributed by atoms with van der Waals surface area (Å²) in [6, 6.07) is 1.10. The molecule has 3 nitrogen and oxygen atoms in total. The summed E-state index contributed by atoms with van der Waals surface area (Å²) in [7, 11) is 0. The predicted molar refractivity (Wildman–Crippen MR) is 49.6 cm³/mol. The first kappa shape index (κ1) is 9.16. The Hall–Kier alpha value is -0.410. The first-order valence-corrected chi connectivity index (χ1v) is 5.10. The highest BCUT2D eigenvalue weighted by Crippen LogP contribution is 2.28. The van der Waals surface area contributed by atoms with Crippen molar-refractivity contribution in [2.45, 2.75) is 38.3 Å². The Bertz CT molecular complexity index is 205. The highest BCUT2D eigenvalue weighted by molar-refractivity contribution is 5.76. The van der Waals surface area contributed by atoms with Crippen LogP contribution in [0.5, 0.6) is 0 Å². The van der Waals surface area contributed by atoms with Gasteiger partial charge in [-0.05, 0) is 19.8 Å². The molecule has 2 rings (SSSR count). The minimum Gasteiger partial charge on any atom is -0.378 e. The number of Topliss-reactive ketones (excluding diaryl/α,β-unsaturated/α-hetero) is 1. The Labute approximate surface area is 79.0 Å². The van der Waals surface area contributed by atoms with Crippen molar-refractivity contribution in [2.75, 3.05) is 19.8 Å². The van der Waals surface area contributed by atoms with Crippen LogP contribution in [0.15, 0.2) is 0 Å². The lowest BCUT2D eigenvalue weighted by Gasteiger charge is -2.33. The van der Waals surface area contributed by atoms with Gasteiger partial charge < -0.3 is 4.74 Å². The van der Waals surface area contributed by atoms with Crippen molar-refractivity contribution in [3.05, 3.63) is 0 Å². The summed E-state index contributed by atoms with van der Waals surface area (Å²) in [5, 5.41) is 0. The van der Waals surface area contributed by atoms with Crippen LogP contribution in [-0.4, -0.2) is 42.5 Å². The molecule has 0 bridgehead atoms. The van der Waals surface area contributed by atoms with E-state index in [4.69, 9.17) is 4.74 Å². The van der Waals surface area contributed by atoms with Gasteiger partial charge in [-0.1, -0.05) is 0 Å². The molecule has 0 N–H and O–H groups in total. The molecular weight excluding hydrogens is 166 g/mol. The molecule has 2 saturated heterocycles. The molecule has 2 atom stereocenters. The number of fused-ring (bicyclic) bond motifs is 1. The van der Waals surface area contributed by atoms with Gasteiger partial charge in [0.05, 0.1) is 13.2 Å². The standard InChI is InChI=1S/C10H17NO2/c1-8(12)6-9-2-3-10-7-13-5-4-11(9)10/h9-10H,2-7H2,1H3. The summed E-state index contributed by atoms with van der Waals surface area (Å²) in [5.74, 6) is 0.317. The number of carbonyl (C=O) groups is 1. The third-order valence-electron chi connectivity index (χ3n) is 3.10. The van der Waals surface area contributed by atoms with Crippen LogP contribution in [-0.2, 0) is 9.53 Å². The van der Waals surface area contributed by atoms with Crippen LogP contribution in [0.2, 0.25) is 0 Å². The van der Waals surface area contributed by atoms with Gasteiger partial charge in [-0.2, -0.15) is 0 Å². The molecule has 2 heterocycles. The maximum atomic E-state index is 11.0. The molecule has 0 amide bonds. The van der Waals surface area contributed by atoms with E-state index in [-0.39, 0.29) is 0 Å². The zero-order chi connectivity index (χ0) is 9.26. The Morgan fingerprint density at radius 1 is 1.54 bits per heavy atom. The van der Waals surface area contributed by atoms with E-state index < -0.39 is 0 Å². The van der Waals surface area contributed by atoms with E-state index in [1.165, 1.54) is 12.8 Å². The number of ether oxygens (including phenoxy) is 1. The smallest absolute Gasteiger partial charge is 0.131 e. The van der Waals surface area contributed by atoms with Gasteiger partial charge in [-0.15, -0.1) is 0 Å². The van der Waals surface area contributed by atoms with Crippen LogP contribution in [0.3, 0.4) is 0 Å². The molecule has 0 aromatic heterocycles. The van der Waals surface area contributed by atoms with Crippen molar-refractivity contribution in [1.29, 1.82) is 0 Å². The summed E-state index contributed by atoms with van der Waals surface area (Å²) in [6.45, 7) is 4.41. The molecule has 2 fully saturated rings. The molecule has 13 heavy (non-hydrogen) atoms. The summed E-state index contributed by atoms with van der Waals surface area (Å²) in [5.41, 5.74) is 0. The Balaban J connectivity index is 1.94. The normalized spacial score (nSPS) is 34.5. The molecule has 74 valence electrons. The lowest BCUT2D eigenvalue weighted by Crippen LogP contribution is -2.45. The minimum absolute atomic E-state index is 0.317. The average Bonchev–Trinajstić information content (AvgIpc) is 2.48. The fourth-order valence-electron chi connectivity index (χ4n) is 2.50. The van der Waals surface area contributed by atoms with E-state index in [0.29, 0.717) is 17.9 Å². The molecular formula is C10H17NO2. The number of hydrogen-bond donors (Lipinski definition) is 0. The minimum atomic E-state index is 0.317. The zero-order valence-electron chi connectivity index (χ0n) is 8.16. The third-order valence-corrected chi connectivity index (χ3v) is 3.10. The van der Waals surface area contributed by atoms with E-state index >= 15 is 0 Å². The maximum Gasteiger partial charge on any atom is 0.131 e. The number of nitrogens with zero attached hydrogens (tertiary/aromatic N) is 1. The van der Waals surface area contributed by atoms with Crippen LogP contribution in [0, 0.1) is 0 Å². The van der Waals surface area contributed by atoms with E-state index in [1.54, 1.807) is 6.92 Å². The highest BCUT2D eigenvalue weighted by Gasteiger charge is 2.35. The number of hydrogen-bond acceptors (Lipinski definition) is 3. The predicted octanol–water partition coefficient (Wildman–Crippen LogP) is 0.829. The van der Waals surface area contributed by atoms with Gasteiger partial charge in [0.1, 0.15) is 5.78 Å². The van der Waals surface area contributed by atoms with E-state index in [9.17, 15) is 4.79 Å². The topological polar surface area (TPSA) is 29.5 Å². The molecule has 0 aliphatic carbocycles. The number of carbonyl (C=O) groups excluding carboxylic acids is 1. The average molecular weight is 183 g/mol. The molecule has 3 heteroatoms. The second-order valence-electron chi connectivity index (χ2n) is 4.10. The van der Waals surface area contributed by atoms with Gasteiger partial charge in [0.25, 0.3) is 0 Å². The molecule has 2 aliphatic rings. The quantitative estimate of drug-likeness (QED) is 0.635. The van der Waals surface area contributed by atoms with Crippen molar-refractivity contribution >= 4 is 5.78 Å². The van der Waals surface area contributed by atoms with Gasteiger partial charge in [-0.25, -0.2) is 0 Å². The second-order valence-corrected chi connectivity index (χ2v) is 4.10. The zero-order valence-corrected chi connectivity index (χ0v) is 8.16. The van der Waals surface area contributed by atoms with Gasteiger partial charge in [-0.3, -0.25) is 9.69 Å². The van der Waals surface area contributed by atoms with Crippen LogP contribution in [0.1, 0.15) is 26.2 Å². The first-order chi connectivity index (χ1) is 6.27. The molecule has 0 aromatic rings. The van der Waals surface area contributed by atoms with Crippen LogP contribution in [0.4, 0.5) is 0 Å². The fourth-order valence-corrected chi connectivity index (χ4v) is 2.50. The fraction of sp³-hybridized carbons (Fsp3) is 0.900. The summed E-state index contributed by atoms with van der Waals surface area (Å²) in [4.78, 5) is 13.5. The second kappa shape index (κ2) is 3.76. The highest BCUT2D eigenvalue weighted by atomic mass is 16.5. The summed E-state index contributed by atoms with van der Waals surface area (Å²) in [6.07, 6.45) is 3.11. The molecule has 2 unspecified atom stereocenters. The SMILES string of the molecule is CC(=O)CC1CCC2COCCN21. The first-order valence-electron chi connectivity index (χ1n) is 5.10. The van der Waals surface area contributed by atoms with E-state index in [2.05, 4.69) is 4.90 Å². The van der Waals surface area contributed by atoms with Gasteiger partial charge >= 0.3 is 0 Å². The molecule has 0 radical (unpaired) electrons. The van der Waals surface area contributed by atoms with Crippen LogP contribution in [0.25, 0.3) is 0 Å². The van der Waals surface area contributed by atoms with Crippen LogP contribution < -0.4 is 0 Å². The Kier molecular flexibility index (Phi) is 2.65. The van der Waals surface area contributed by atoms with Crippen molar-refractivity contribution in [1.82, 2.24) is 4.90 Å². The number of ketones is 1.